The predicted octanol–water partition coefficient (Wildman–Crippen LogP) is 3.72. The molecule has 1 aromatic carbocycles. The number of carbonyl (C=O) groups is 1. The number of nitrogens with one attached hydrogen (secondary N) is 2. The summed E-state index contributed by atoms with van der Waals surface area (Å²) in [5.74, 6) is 0.579. The van der Waals surface area contributed by atoms with Crippen molar-refractivity contribution in [2.75, 3.05) is 49.6 Å². The van der Waals surface area contributed by atoms with Crippen LogP contribution in [0.1, 0.15) is 29.9 Å². The summed E-state index contributed by atoms with van der Waals surface area (Å²) in [4.78, 5) is 26.8. The van der Waals surface area contributed by atoms with Crippen LogP contribution in [0.15, 0.2) is 55.0 Å². The van der Waals surface area contributed by atoms with Crippen LogP contribution >= 0.6 is 0 Å². The van der Waals surface area contributed by atoms with Crippen LogP contribution in [0.4, 0.5) is 11.5 Å². The molecule has 1 amide bonds. The second-order valence-corrected chi connectivity index (χ2v) is 10.3. The molecule has 10 nitrogen and oxygen atoms in total. The molecule has 0 spiro atoms. The fraction of sp³-hybridized carbons (Fsp3) is 0.379. The van der Waals surface area contributed by atoms with Gasteiger partial charge in [0.1, 0.15) is 5.82 Å². The molecule has 2 atom stereocenters. The third-order valence-corrected chi connectivity index (χ3v) is 7.17. The Balaban J connectivity index is 1.18. The van der Waals surface area contributed by atoms with Gasteiger partial charge in [0.2, 0.25) is 0 Å². The Kier molecular flexibility index (Phi) is 7.23. The Morgan fingerprint density at radius 3 is 2.62 bits per heavy atom. The first-order valence-electron chi connectivity index (χ1n) is 13.4. The summed E-state index contributed by atoms with van der Waals surface area (Å²) in [6.45, 7) is 9.92. The minimum absolute atomic E-state index is 0.149. The van der Waals surface area contributed by atoms with Crippen molar-refractivity contribution in [3.8, 4) is 11.1 Å². The molecule has 0 aliphatic carbocycles. The molecule has 0 saturated carbocycles. The number of aromatic nitrogens is 4. The summed E-state index contributed by atoms with van der Waals surface area (Å²) in [5, 5.41) is 11.0. The number of hydrogen-bond donors (Lipinski definition) is 2. The lowest BCUT2D eigenvalue weighted by Crippen LogP contribution is -2.45. The SMILES string of the molecule is CC1CN(c2ccc(NC(=O)c3n[nH]c4ccc(-c5cncc(CN6CCOCC6)c5)cc34)cn2)CC(C)O1. The quantitative estimate of drug-likeness (QED) is 0.391. The van der Waals surface area contributed by atoms with Crippen molar-refractivity contribution < 1.29 is 14.3 Å². The van der Waals surface area contributed by atoms with Crippen molar-refractivity contribution in [2.45, 2.75) is 32.6 Å². The minimum Gasteiger partial charge on any atom is -0.379 e. The van der Waals surface area contributed by atoms with Gasteiger partial charge in [0.15, 0.2) is 5.69 Å². The lowest BCUT2D eigenvalue weighted by atomic mass is 10.0. The molecule has 39 heavy (non-hydrogen) atoms. The van der Waals surface area contributed by atoms with Crippen molar-refractivity contribution in [3.05, 3.63) is 66.2 Å². The number of amides is 1. The Labute approximate surface area is 227 Å². The number of rotatable bonds is 6. The molecule has 4 aromatic rings. The predicted molar refractivity (Wildman–Crippen MR) is 150 cm³/mol. The molecule has 2 saturated heterocycles. The summed E-state index contributed by atoms with van der Waals surface area (Å²) in [6.07, 6.45) is 5.75. The van der Waals surface area contributed by atoms with Crippen molar-refractivity contribution in [3.63, 3.8) is 0 Å². The van der Waals surface area contributed by atoms with Crippen LogP contribution in [-0.4, -0.2) is 82.6 Å². The largest absolute Gasteiger partial charge is 0.379 e. The van der Waals surface area contributed by atoms with Crippen LogP contribution in [-0.2, 0) is 16.0 Å². The number of hydrogen-bond acceptors (Lipinski definition) is 8. The lowest BCUT2D eigenvalue weighted by molar-refractivity contribution is -0.00545. The smallest absolute Gasteiger partial charge is 0.276 e. The van der Waals surface area contributed by atoms with Crippen LogP contribution in [0.25, 0.3) is 22.0 Å². The number of ether oxygens (including phenoxy) is 2. The number of benzene rings is 1. The van der Waals surface area contributed by atoms with Crippen molar-refractivity contribution >= 4 is 28.3 Å². The monoisotopic (exact) mass is 527 g/mol. The number of aromatic amines is 1. The van der Waals surface area contributed by atoms with Crippen LogP contribution in [0, 0.1) is 0 Å². The van der Waals surface area contributed by atoms with E-state index in [1.54, 1.807) is 6.20 Å². The van der Waals surface area contributed by atoms with E-state index in [4.69, 9.17) is 9.47 Å². The van der Waals surface area contributed by atoms with Gasteiger partial charge in [-0.05, 0) is 55.3 Å². The molecule has 0 radical (unpaired) electrons. The van der Waals surface area contributed by atoms with Crippen LogP contribution < -0.4 is 10.2 Å². The summed E-state index contributed by atoms with van der Waals surface area (Å²) < 4.78 is 11.3. The molecule has 202 valence electrons. The minimum atomic E-state index is -0.291. The number of pyridine rings is 2. The number of H-pyrrole nitrogens is 1. The van der Waals surface area contributed by atoms with Gasteiger partial charge in [0, 0.05) is 56.1 Å². The maximum atomic E-state index is 13.2. The molecular weight excluding hydrogens is 494 g/mol. The van der Waals surface area contributed by atoms with Gasteiger partial charge in [-0.3, -0.25) is 19.8 Å². The highest BCUT2D eigenvalue weighted by molar-refractivity contribution is 6.11. The van der Waals surface area contributed by atoms with Gasteiger partial charge in [0.05, 0.1) is 42.8 Å². The van der Waals surface area contributed by atoms with E-state index in [0.717, 1.165) is 79.3 Å². The van der Waals surface area contributed by atoms with Gasteiger partial charge in [-0.15, -0.1) is 0 Å². The normalized spacial score (nSPS) is 20.3. The number of morpholine rings is 2. The fourth-order valence-corrected chi connectivity index (χ4v) is 5.32. The first kappa shape index (κ1) is 25.4. The third kappa shape index (κ3) is 5.78. The lowest BCUT2D eigenvalue weighted by Gasteiger charge is -2.36. The topological polar surface area (TPSA) is 108 Å². The first-order chi connectivity index (χ1) is 19.0. The maximum Gasteiger partial charge on any atom is 0.276 e. The van der Waals surface area contributed by atoms with Crippen molar-refractivity contribution in [1.29, 1.82) is 0 Å². The summed E-state index contributed by atoms with van der Waals surface area (Å²) >= 11 is 0. The average molecular weight is 528 g/mol. The Hall–Kier alpha value is -3.86. The van der Waals surface area contributed by atoms with Gasteiger partial charge in [0.25, 0.3) is 5.91 Å². The highest BCUT2D eigenvalue weighted by atomic mass is 16.5. The van der Waals surface area contributed by atoms with Crippen molar-refractivity contribution in [2.24, 2.45) is 0 Å². The van der Waals surface area contributed by atoms with E-state index < -0.39 is 0 Å². The van der Waals surface area contributed by atoms with Gasteiger partial charge in [-0.1, -0.05) is 6.07 Å². The van der Waals surface area contributed by atoms with E-state index in [0.29, 0.717) is 11.4 Å². The number of nitrogens with zero attached hydrogens (tertiary/aromatic N) is 5. The van der Waals surface area contributed by atoms with E-state index in [9.17, 15) is 4.79 Å². The molecular formula is C29H33N7O3. The number of anilines is 2. The van der Waals surface area contributed by atoms with Crippen molar-refractivity contribution in [1.82, 2.24) is 25.1 Å². The summed E-state index contributed by atoms with van der Waals surface area (Å²) in [7, 11) is 0. The molecule has 3 aromatic heterocycles. The zero-order chi connectivity index (χ0) is 26.8. The molecule has 10 heteroatoms. The Morgan fingerprint density at radius 1 is 1.03 bits per heavy atom. The molecule has 2 aliphatic rings. The summed E-state index contributed by atoms with van der Waals surface area (Å²) in [6, 6.07) is 11.9. The van der Waals surface area contributed by atoms with Gasteiger partial charge in [-0.25, -0.2) is 4.98 Å². The maximum absolute atomic E-state index is 13.2. The van der Waals surface area contributed by atoms with E-state index in [1.165, 1.54) is 0 Å². The first-order valence-corrected chi connectivity index (χ1v) is 13.4. The second-order valence-electron chi connectivity index (χ2n) is 10.3. The van der Waals surface area contributed by atoms with E-state index in [1.807, 2.05) is 42.7 Å². The number of carbonyl (C=O) groups excluding carboxylic acids is 1. The van der Waals surface area contributed by atoms with E-state index >= 15 is 0 Å². The number of fused-ring (bicyclic) bond motifs is 1. The van der Waals surface area contributed by atoms with E-state index in [2.05, 4.69) is 55.2 Å². The average Bonchev–Trinajstić information content (AvgIpc) is 3.37. The van der Waals surface area contributed by atoms with Gasteiger partial charge in [-0.2, -0.15) is 5.10 Å². The van der Waals surface area contributed by atoms with Gasteiger partial charge < -0.3 is 19.7 Å². The van der Waals surface area contributed by atoms with Gasteiger partial charge >= 0.3 is 0 Å². The second kappa shape index (κ2) is 11.1. The van der Waals surface area contributed by atoms with Crippen LogP contribution in [0.5, 0.6) is 0 Å². The van der Waals surface area contributed by atoms with E-state index in [-0.39, 0.29) is 18.1 Å². The van der Waals surface area contributed by atoms with Crippen LogP contribution in [0.2, 0.25) is 0 Å². The molecule has 2 unspecified atom stereocenters. The highest BCUT2D eigenvalue weighted by Crippen LogP contribution is 2.27. The fourth-order valence-electron chi connectivity index (χ4n) is 5.32. The molecule has 2 aliphatic heterocycles. The molecule has 2 N–H and O–H groups in total. The standard InChI is InChI=1S/C29H33N7O3/c1-19-16-36(17-20(2)39-19)27-6-4-24(15-31-27)32-29(37)28-25-12-22(3-5-26(25)33-34-28)23-11-21(13-30-14-23)18-35-7-9-38-10-8-35/h3-6,11-15,19-20H,7-10,16-18H2,1-2H3,(H,32,37)(H,33,34). The summed E-state index contributed by atoms with van der Waals surface area (Å²) in [5.41, 5.74) is 4.88. The molecule has 5 heterocycles. The molecule has 6 rings (SSSR count). The molecule has 2 fully saturated rings. The molecule has 0 bridgehead atoms. The zero-order valence-electron chi connectivity index (χ0n) is 22.3. The highest BCUT2D eigenvalue weighted by Gasteiger charge is 2.23. The van der Waals surface area contributed by atoms with Crippen LogP contribution in [0.3, 0.4) is 0 Å². The zero-order valence-corrected chi connectivity index (χ0v) is 22.3. The third-order valence-electron chi connectivity index (χ3n) is 7.17. The Morgan fingerprint density at radius 2 is 1.85 bits per heavy atom. The Bertz CT molecular complexity index is 1440.